The Labute approximate surface area is 145 Å². The molecule has 1 aliphatic heterocycles. The maximum absolute atomic E-state index is 4.88. The molecule has 0 spiro atoms. The average Bonchev–Trinajstić information content (AvgIpc) is 2.62. The predicted molar refractivity (Wildman–Crippen MR) is 103 cm³/mol. The first kappa shape index (κ1) is 16.5. The van der Waals surface area contributed by atoms with Crippen molar-refractivity contribution in [2.24, 2.45) is 10.9 Å². The Morgan fingerprint density at radius 3 is 1.96 bits per heavy atom. The maximum atomic E-state index is 4.88. The van der Waals surface area contributed by atoms with E-state index in [9.17, 15) is 0 Å². The molecule has 0 fully saturated rings. The molecule has 1 atom stereocenters. The molecule has 2 heteroatoms. The van der Waals surface area contributed by atoms with E-state index >= 15 is 0 Å². The molecule has 1 unspecified atom stereocenters. The summed E-state index contributed by atoms with van der Waals surface area (Å²) >= 11 is 0. The van der Waals surface area contributed by atoms with Gasteiger partial charge in [-0.25, -0.2) is 0 Å². The summed E-state index contributed by atoms with van der Waals surface area (Å²) in [5, 5.41) is 0. The van der Waals surface area contributed by atoms with Gasteiger partial charge in [0.25, 0.3) is 0 Å². The van der Waals surface area contributed by atoms with Gasteiger partial charge in [-0.2, -0.15) is 0 Å². The van der Waals surface area contributed by atoms with Crippen LogP contribution in [0.5, 0.6) is 0 Å². The molecule has 3 rings (SSSR count). The predicted octanol–water partition coefficient (Wildman–Crippen LogP) is 5.33. The third-order valence-corrected chi connectivity index (χ3v) is 4.83. The van der Waals surface area contributed by atoms with E-state index in [0.29, 0.717) is 12.0 Å². The van der Waals surface area contributed by atoms with Crippen molar-refractivity contribution >= 4 is 11.9 Å². The van der Waals surface area contributed by atoms with Crippen LogP contribution in [0.1, 0.15) is 38.8 Å². The highest BCUT2D eigenvalue weighted by molar-refractivity contribution is 5.84. The molecule has 0 saturated carbocycles. The van der Waals surface area contributed by atoms with E-state index in [1.54, 1.807) is 0 Å². The van der Waals surface area contributed by atoms with Crippen molar-refractivity contribution in [3.05, 3.63) is 78.0 Å². The SMILES string of the molecule is CC(C)N1C=C(c2ccccc2)N=CC1(c1ccccc1)C(C)C. The molecular formula is C22H26N2. The Bertz CT molecular complexity index is 729. The van der Waals surface area contributed by atoms with Gasteiger partial charge >= 0.3 is 0 Å². The Balaban J connectivity index is 2.12. The zero-order chi connectivity index (χ0) is 17.2. The van der Waals surface area contributed by atoms with Crippen molar-refractivity contribution in [1.82, 2.24) is 4.90 Å². The van der Waals surface area contributed by atoms with Gasteiger partial charge in [-0.15, -0.1) is 0 Å². The summed E-state index contributed by atoms with van der Waals surface area (Å²) in [5.74, 6) is 0.402. The number of nitrogens with zero attached hydrogens (tertiary/aromatic N) is 2. The average molecular weight is 318 g/mol. The first-order valence-electron chi connectivity index (χ1n) is 8.72. The lowest BCUT2D eigenvalue weighted by atomic mass is 9.77. The summed E-state index contributed by atoms with van der Waals surface area (Å²) in [6.45, 7) is 9.04. The highest BCUT2D eigenvalue weighted by atomic mass is 15.2. The number of benzene rings is 2. The van der Waals surface area contributed by atoms with E-state index in [4.69, 9.17) is 4.99 Å². The molecule has 2 aromatic carbocycles. The summed E-state index contributed by atoms with van der Waals surface area (Å²) in [7, 11) is 0. The number of rotatable bonds is 4. The summed E-state index contributed by atoms with van der Waals surface area (Å²) in [4.78, 5) is 7.34. The van der Waals surface area contributed by atoms with Crippen molar-refractivity contribution in [3.63, 3.8) is 0 Å². The smallest absolute Gasteiger partial charge is 0.103 e. The van der Waals surface area contributed by atoms with Gasteiger partial charge in [-0.3, -0.25) is 4.99 Å². The molecule has 124 valence electrons. The lowest BCUT2D eigenvalue weighted by Crippen LogP contribution is -2.52. The zero-order valence-electron chi connectivity index (χ0n) is 15.0. The summed E-state index contributed by atoms with van der Waals surface area (Å²) in [6.07, 6.45) is 4.38. The zero-order valence-corrected chi connectivity index (χ0v) is 15.0. The van der Waals surface area contributed by atoms with Gasteiger partial charge < -0.3 is 4.90 Å². The molecule has 0 amide bonds. The van der Waals surface area contributed by atoms with Gasteiger partial charge in [0, 0.05) is 24.0 Å². The monoisotopic (exact) mass is 318 g/mol. The fourth-order valence-corrected chi connectivity index (χ4v) is 3.55. The van der Waals surface area contributed by atoms with E-state index in [2.05, 4.69) is 99.6 Å². The van der Waals surface area contributed by atoms with E-state index in [-0.39, 0.29) is 5.54 Å². The van der Waals surface area contributed by atoms with Gasteiger partial charge in [0.05, 0.1) is 5.70 Å². The first-order valence-corrected chi connectivity index (χ1v) is 8.72. The molecule has 2 aromatic rings. The van der Waals surface area contributed by atoms with Crippen LogP contribution in [0.3, 0.4) is 0 Å². The maximum Gasteiger partial charge on any atom is 0.103 e. The topological polar surface area (TPSA) is 15.6 Å². The molecule has 24 heavy (non-hydrogen) atoms. The molecule has 0 N–H and O–H groups in total. The minimum Gasteiger partial charge on any atom is -0.358 e. The fraction of sp³-hybridized carbons (Fsp3) is 0.318. The van der Waals surface area contributed by atoms with E-state index in [1.165, 1.54) is 5.56 Å². The number of hydrogen-bond donors (Lipinski definition) is 0. The second-order valence-electron chi connectivity index (χ2n) is 6.99. The molecule has 0 saturated heterocycles. The Morgan fingerprint density at radius 1 is 0.833 bits per heavy atom. The third kappa shape index (κ3) is 2.77. The summed E-state index contributed by atoms with van der Waals surface area (Å²) in [5.41, 5.74) is 3.26. The van der Waals surface area contributed by atoms with Crippen LogP contribution in [-0.4, -0.2) is 17.2 Å². The highest BCUT2D eigenvalue weighted by Gasteiger charge is 2.42. The van der Waals surface area contributed by atoms with Crippen LogP contribution < -0.4 is 0 Å². The Kier molecular flexibility index (Phi) is 4.57. The quantitative estimate of drug-likeness (QED) is 0.744. The molecule has 2 nitrogen and oxygen atoms in total. The molecule has 1 heterocycles. The van der Waals surface area contributed by atoms with Crippen LogP contribution in [0.15, 0.2) is 71.9 Å². The van der Waals surface area contributed by atoms with Crippen molar-refractivity contribution in [2.75, 3.05) is 0 Å². The van der Waals surface area contributed by atoms with Gasteiger partial charge in [0.1, 0.15) is 5.54 Å². The van der Waals surface area contributed by atoms with Crippen LogP contribution >= 0.6 is 0 Å². The molecule has 1 aliphatic rings. The van der Waals surface area contributed by atoms with E-state index in [1.807, 2.05) is 6.07 Å². The van der Waals surface area contributed by atoms with E-state index in [0.717, 1.165) is 11.3 Å². The molecule has 0 aliphatic carbocycles. The van der Waals surface area contributed by atoms with Gasteiger partial charge in [-0.1, -0.05) is 74.5 Å². The highest BCUT2D eigenvalue weighted by Crippen LogP contribution is 2.40. The Morgan fingerprint density at radius 2 is 1.42 bits per heavy atom. The van der Waals surface area contributed by atoms with Crippen molar-refractivity contribution < 1.29 is 0 Å². The number of hydrogen-bond acceptors (Lipinski definition) is 2. The van der Waals surface area contributed by atoms with Crippen LogP contribution in [0, 0.1) is 5.92 Å². The van der Waals surface area contributed by atoms with Crippen LogP contribution in [0.2, 0.25) is 0 Å². The van der Waals surface area contributed by atoms with Crippen LogP contribution in [-0.2, 0) is 5.54 Å². The van der Waals surface area contributed by atoms with Crippen molar-refractivity contribution in [3.8, 4) is 0 Å². The van der Waals surface area contributed by atoms with Gasteiger partial charge in [-0.05, 0) is 25.3 Å². The molecule has 0 bridgehead atoms. The lowest BCUT2D eigenvalue weighted by Gasteiger charge is -2.48. The standard InChI is InChI=1S/C22H26N2/c1-17(2)22(20-13-9-6-10-14-20)16-23-21(15-24(22)18(3)4)19-11-7-5-8-12-19/h5-18H,1-4H3. The molecular weight excluding hydrogens is 292 g/mol. The van der Waals surface area contributed by atoms with Gasteiger partial charge in [0.2, 0.25) is 0 Å². The van der Waals surface area contributed by atoms with Crippen molar-refractivity contribution in [1.29, 1.82) is 0 Å². The summed E-state index contributed by atoms with van der Waals surface area (Å²) < 4.78 is 0. The lowest BCUT2D eigenvalue weighted by molar-refractivity contribution is 0.129. The molecule has 0 radical (unpaired) electrons. The Hall–Kier alpha value is -2.35. The van der Waals surface area contributed by atoms with Crippen molar-refractivity contribution in [2.45, 2.75) is 39.3 Å². The number of aliphatic imine (C=N–C) groups is 1. The van der Waals surface area contributed by atoms with Crippen LogP contribution in [0.4, 0.5) is 0 Å². The summed E-state index contributed by atoms with van der Waals surface area (Å²) in [6, 6.07) is 21.5. The second kappa shape index (κ2) is 6.64. The third-order valence-electron chi connectivity index (χ3n) is 4.83. The largest absolute Gasteiger partial charge is 0.358 e. The minimum absolute atomic E-state index is 0.215. The normalized spacial score (nSPS) is 20.6. The first-order chi connectivity index (χ1) is 11.6. The van der Waals surface area contributed by atoms with Gasteiger partial charge in [0.15, 0.2) is 0 Å². The van der Waals surface area contributed by atoms with E-state index < -0.39 is 0 Å². The minimum atomic E-state index is -0.215. The fourth-order valence-electron chi connectivity index (χ4n) is 3.55. The molecule has 0 aromatic heterocycles. The second-order valence-corrected chi connectivity index (χ2v) is 6.99. The van der Waals surface area contributed by atoms with Crippen LogP contribution in [0.25, 0.3) is 5.70 Å².